The maximum atomic E-state index is 11.5. The monoisotopic (exact) mass is 243 g/mol. The van der Waals surface area contributed by atoms with Gasteiger partial charge < -0.3 is 4.74 Å². The Bertz CT molecular complexity index is 419. The van der Waals surface area contributed by atoms with Crippen molar-refractivity contribution < 1.29 is 14.5 Å². The minimum absolute atomic E-state index is 0.0807. The molecular formula is C10H10ClNO4. The molecule has 0 aliphatic carbocycles. The van der Waals surface area contributed by atoms with Gasteiger partial charge in [-0.3, -0.25) is 10.1 Å². The van der Waals surface area contributed by atoms with Crippen LogP contribution in [0, 0.1) is 10.1 Å². The molecule has 86 valence electrons. The Labute approximate surface area is 97.1 Å². The van der Waals surface area contributed by atoms with E-state index in [1.165, 1.54) is 12.1 Å². The molecule has 0 amide bonds. The third kappa shape index (κ3) is 2.93. The van der Waals surface area contributed by atoms with Crippen molar-refractivity contribution in [3.05, 3.63) is 38.9 Å². The number of benzene rings is 1. The zero-order chi connectivity index (χ0) is 12.1. The topological polar surface area (TPSA) is 69.4 Å². The fraction of sp³-hybridized carbons (Fsp3) is 0.300. The smallest absolute Gasteiger partial charge is 0.345 e. The summed E-state index contributed by atoms with van der Waals surface area (Å²) in [5, 5.41) is 10.9. The molecule has 0 N–H and O–H groups in total. The molecule has 0 atom stereocenters. The number of hydrogen-bond acceptors (Lipinski definition) is 4. The zero-order valence-corrected chi connectivity index (χ0v) is 9.36. The molecule has 0 aliphatic heterocycles. The summed E-state index contributed by atoms with van der Waals surface area (Å²) in [5.41, 5.74) is -0.420. The first-order valence-corrected chi connectivity index (χ1v) is 5.05. The quantitative estimate of drug-likeness (QED) is 0.463. The molecule has 6 heteroatoms. The van der Waals surface area contributed by atoms with Crippen molar-refractivity contribution in [2.45, 2.75) is 13.3 Å². The highest BCUT2D eigenvalue weighted by Gasteiger charge is 2.21. The van der Waals surface area contributed by atoms with Crippen LogP contribution in [-0.4, -0.2) is 17.5 Å². The van der Waals surface area contributed by atoms with E-state index < -0.39 is 10.9 Å². The Morgan fingerprint density at radius 2 is 2.25 bits per heavy atom. The predicted molar refractivity (Wildman–Crippen MR) is 58.7 cm³/mol. The van der Waals surface area contributed by atoms with E-state index in [0.717, 1.165) is 6.07 Å². The molecule has 0 aromatic heterocycles. The van der Waals surface area contributed by atoms with E-state index in [2.05, 4.69) is 0 Å². The predicted octanol–water partition coefficient (Wildman–Crippen LogP) is 2.82. The minimum atomic E-state index is -0.704. The molecule has 0 spiro atoms. The molecule has 0 unspecified atom stereocenters. The summed E-state index contributed by atoms with van der Waals surface area (Å²) in [4.78, 5) is 21.5. The number of hydrogen-bond donors (Lipinski definition) is 0. The van der Waals surface area contributed by atoms with Gasteiger partial charge in [0.05, 0.1) is 11.5 Å². The van der Waals surface area contributed by atoms with Crippen LogP contribution in [0.1, 0.15) is 23.7 Å². The molecule has 1 aromatic rings. The summed E-state index contributed by atoms with van der Waals surface area (Å²) >= 11 is 5.61. The summed E-state index contributed by atoms with van der Waals surface area (Å²) in [6, 6.07) is 3.83. The number of ether oxygens (including phenoxy) is 1. The lowest BCUT2D eigenvalue weighted by molar-refractivity contribution is -0.385. The molecule has 5 nitrogen and oxygen atoms in total. The van der Waals surface area contributed by atoms with Crippen molar-refractivity contribution in [1.82, 2.24) is 0 Å². The number of rotatable bonds is 4. The van der Waals surface area contributed by atoms with Gasteiger partial charge in [0.25, 0.3) is 5.69 Å². The first-order valence-electron chi connectivity index (χ1n) is 4.67. The molecule has 1 aromatic carbocycles. The summed E-state index contributed by atoms with van der Waals surface area (Å²) in [6.07, 6.45) is 0.660. The highest BCUT2D eigenvalue weighted by atomic mass is 35.5. The van der Waals surface area contributed by atoms with E-state index in [-0.39, 0.29) is 22.9 Å². The Hall–Kier alpha value is -1.62. The van der Waals surface area contributed by atoms with E-state index in [1.54, 1.807) is 0 Å². The van der Waals surface area contributed by atoms with Crippen molar-refractivity contribution >= 4 is 23.3 Å². The third-order valence-electron chi connectivity index (χ3n) is 1.81. The number of carbonyl (C=O) groups is 1. The highest BCUT2D eigenvalue weighted by Crippen LogP contribution is 2.23. The fourth-order valence-corrected chi connectivity index (χ4v) is 1.27. The lowest BCUT2D eigenvalue weighted by atomic mass is 10.2. The molecule has 0 saturated heterocycles. The largest absolute Gasteiger partial charge is 0.462 e. The number of nitro benzene ring substituents is 1. The maximum absolute atomic E-state index is 11.5. The second-order valence-corrected chi connectivity index (χ2v) is 3.49. The van der Waals surface area contributed by atoms with Gasteiger partial charge in [-0.1, -0.05) is 18.5 Å². The Kier molecular flexibility index (Phi) is 4.25. The van der Waals surface area contributed by atoms with Crippen LogP contribution in [0.3, 0.4) is 0 Å². The van der Waals surface area contributed by atoms with Crippen LogP contribution >= 0.6 is 11.6 Å². The average Bonchev–Trinajstić information content (AvgIpc) is 2.25. The first kappa shape index (κ1) is 12.4. The van der Waals surface area contributed by atoms with Gasteiger partial charge in [0.2, 0.25) is 0 Å². The van der Waals surface area contributed by atoms with Crippen molar-refractivity contribution in [1.29, 1.82) is 0 Å². The normalized spacial score (nSPS) is 9.88. The lowest BCUT2D eigenvalue weighted by Gasteiger charge is -2.03. The van der Waals surface area contributed by atoms with E-state index in [9.17, 15) is 14.9 Å². The van der Waals surface area contributed by atoms with Crippen molar-refractivity contribution in [3.63, 3.8) is 0 Å². The van der Waals surface area contributed by atoms with Crippen LogP contribution in [0.4, 0.5) is 5.69 Å². The van der Waals surface area contributed by atoms with Crippen LogP contribution in [0.15, 0.2) is 18.2 Å². The number of esters is 1. The molecule has 1 rings (SSSR count). The van der Waals surface area contributed by atoms with Crippen LogP contribution in [0.25, 0.3) is 0 Å². The van der Waals surface area contributed by atoms with Crippen molar-refractivity contribution in [2.24, 2.45) is 0 Å². The summed E-state index contributed by atoms with van der Waals surface area (Å²) in [6.45, 7) is 2.07. The molecule has 0 saturated carbocycles. The van der Waals surface area contributed by atoms with Crippen LogP contribution in [-0.2, 0) is 4.74 Å². The van der Waals surface area contributed by atoms with Crippen LogP contribution < -0.4 is 0 Å². The first-order chi connectivity index (χ1) is 7.56. The molecule has 16 heavy (non-hydrogen) atoms. The van der Waals surface area contributed by atoms with Gasteiger partial charge in [-0.25, -0.2) is 4.79 Å². The van der Waals surface area contributed by atoms with Crippen LogP contribution in [0.5, 0.6) is 0 Å². The molecule has 0 heterocycles. The molecule has 0 aliphatic rings. The molecule has 0 fully saturated rings. The Morgan fingerprint density at radius 3 is 2.81 bits per heavy atom. The van der Waals surface area contributed by atoms with Gasteiger partial charge in [-0.2, -0.15) is 0 Å². The number of nitrogens with zero attached hydrogens (tertiary/aromatic N) is 1. The van der Waals surface area contributed by atoms with Crippen LogP contribution in [0.2, 0.25) is 5.02 Å². The van der Waals surface area contributed by atoms with Gasteiger partial charge >= 0.3 is 5.97 Å². The Morgan fingerprint density at radius 1 is 1.56 bits per heavy atom. The lowest BCUT2D eigenvalue weighted by Crippen LogP contribution is -2.08. The molecule has 0 bridgehead atoms. The fourth-order valence-electron chi connectivity index (χ4n) is 1.10. The summed E-state index contributed by atoms with van der Waals surface area (Å²) in [5.74, 6) is -0.704. The number of halogens is 1. The van der Waals surface area contributed by atoms with Gasteiger partial charge in [0.15, 0.2) is 0 Å². The summed E-state index contributed by atoms with van der Waals surface area (Å²) < 4.78 is 4.82. The second-order valence-electron chi connectivity index (χ2n) is 3.05. The minimum Gasteiger partial charge on any atom is -0.462 e. The molecule has 0 radical (unpaired) electrons. The van der Waals surface area contributed by atoms with Crippen molar-refractivity contribution in [2.75, 3.05) is 6.61 Å². The highest BCUT2D eigenvalue weighted by molar-refractivity contribution is 6.31. The number of carbonyl (C=O) groups excluding carboxylic acids is 1. The van der Waals surface area contributed by atoms with E-state index in [0.29, 0.717) is 6.42 Å². The standard InChI is InChI=1S/C10H10ClNO4/c1-2-5-16-10(13)8-4-3-7(11)6-9(8)12(14)15/h3-4,6H,2,5H2,1H3. The van der Waals surface area contributed by atoms with E-state index in [1.807, 2.05) is 6.92 Å². The van der Waals surface area contributed by atoms with Gasteiger partial charge in [0, 0.05) is 11.1 Å². The average molecular weight is 244 g/mol. The SMILES string of the molecule is CCCOC(=O)c1ccc(Cl)cc1[N+](=O)[O-]. The van der Waals surface area contributed by atoms with E-state index >= 15 is 0 Å². The number of nitro groups is 1. The van der Waals surface area contributed by atoms with E-state index in [4.69, 9.17) is 16.3 Å². The third-order valence-corrected chi connectivity index (χ3v) is 2.05. The maximum Gasteiger partial charge on any atom is 0.345 e. The molecular weight excluding hydrogens is 234 g/mol. The summed E-state index contributed by atoms with van der Waals surface area (Å²) in [7, 11) is 0. The Balaban J connectivity index is 3.03. The van der Waals surface area contributed by atoms with Gasteiger partial charge in [-0.05, 0) is 18.6 Å². The van der Waals surface area contributed by atoms with Gasteiger partial charge in [-0.15, -0.1) is 0 Å². The van der Waals surface area contributed by atoms with Gasteiger partial charge in [0.1, 0.15) is 5.56 Å². The zero-order valence-electron chi connectivity index (χ0n) is 8.60. The second kappa shape index (κ2) is 5.46. The van der Waals surface area contributed by atoms with Crippen molar-refractivity contribution in [3.8, 4) is 0 Å².